The Morgan fingerprint density at radius 1 is 1.29 bits per heavy atom. The van der Waals surface area contributed by atoms with E-state index in [2.05, 4.69) is 21.8 Å². The molecule has 2 rings (SSSR count). The summed E-state index contributed by atoms with van der Waals surface area (Å²) in [7, 11) is 0. The lowest BCUT2D eigenvalue weighted by Crippen LogP contribution is -2.33. The second-order valence-corrected chi connectivity index (χ2v) is 3.94. The lowest BCUT2D eigenvalue weighted by atomic mass is 9.94. The van der Waals surface area contributed by atoms with Gasteiger partial charge in [-0.25, -0.2) is 9.97 Å². The molecule has 1 aromatic heterocycles. The van der Waals surface area contributed by atoms with Crippen LogP contribution in [0.5, 0.6) is 0 Å². The molecule has 0 radical (unpaired) electrons. The maximum Gasteiger partial charge on any atom is 0.115 e. The number of piperidine rings is 1. The van der Waals surface area contributed by atoms with E-state index in [0.29, 0.717) is 0 Å². The molecule has 2 heterocycles. The van der Waals surface area contributed by atoms with Gasteiger partial charge in [0, 0.05) is 13.1 Å². The van der Waals surface area contributed by atoms with Crippen LogP contribution in [0.4, 0.5) is 5.69 Å². The summed E-state index contributed by atoms with van der Waals surface area (Å²) < 4.78 is 0. The van der Waals surface area contributed by atoms with Gasteiger partial charge in [-0.2, -0.15) is 0 Å². The Balaban J connectivity index is 1.96. The molecule has 0 N–H and O–H groups in total. The van der Waals surface area contributed by atoms with E-state index in [1.807, 2.05) is 12.4 Å². The summed E-state index contributed by atoms with van der Waals surface area (Å²) in [5.74, 6) is 0.927. The second-order valence-electron chi connectivity index (χ2n) is 3.94. The summed E-state index contributed by atoms with van der Waals surface area (Å²) in [6.07, 6.45) is 9.33. The van der Waals surface area contributed by atoms with Gasteiger partial charge in [0.05, 0.1) is 18.1 Å². The molecular weight excluding hydrogens is 174 g/mol. The van der Waals surface area contributed by atoms with E-state index in [1.165, 1.54) is 24.9 Å². The van der Waals surface area contributed by atoms with Crippen molar-refractivity contribution in [1.82, 2.24) is 9.97 Å². The monoisotopic (exact) mass is 191 g/mol. The van der Waals surface area contributed by atoms with E-state index in [0.717, 1.165) is 19.0 Å². The first-order valence-electron chi connectivity index (χ1n) is 5.40. The van der Waals surface area contributed by atoms with Crippen LogP contribution in [0.2, 0.25) is 0 Å². The molecule has 0 unspecified atom stereocenters. The van der Waals surface area contributed by atoms with Crippen LogP contribution in [0.3, 0.4) is 0 Å². The van der Waals surface area contributed by atoms with Crippen molar-refractivity contribution in [3.8, 4) is 0 Å². The van der Waals surface area contributed by atoms with Gasteiger partial charge in [0.1, 0.15) is 6.33 Å². The maximum absolute atomic E-state index is 4.05. The largest absolute Gasteiger partial charge is 0.369 e. The van der Waals surface area contributed by atoms with E-state index >= 15 is 0 Å². The average Bonchev–Trinajstić information content (AvgIpc) is 2.30. The normalized spacial score (nSPS) is 18.5. The third kappa shape index (κ3) is 2.03. The Kier molecular flexibility index (Phi) is 2.96. The summed E-state index contributed by atoms with van der Waals surface area (Å²) in [4.78, 5) is 10.5. The van der Waals surface area contributed by atoms with Gasteiger partial charge in [-0.15, -0.1) is 0 Å². The van der Waals surface area contributed by atoms with E-state index in [-0.39, 0.29) is 0 Å². The SMILES string of the molecule is CCC1CCN(c2cncnc2)CC1. The van der Waals surface area contributed by atoms with Gasteiger partial charge in [-0.1, -0.05) is 13.3 Å². The molecule has 0 atom stereocenters. The Morgan fingerprint density at radius 2 is 1.93 bits per heavy atom. The van der Waals surface area contributed by atoms with Crippen LogP contribution < -0.4 is 4.90 Å². The molecular formula is C11H17N3. The van der Waals surface area contributed by atoms with Crippen LogP contribution in [0, 0.1) is 5.92 Å². The fourth-order valence-corrected chi connectivity index (χ4v) is 2.05. The van der Waals surface area contributed by atoms with Crippen LogP contribution in [0.15, 0.2) is 18.7 Å². The zero-order valence-corrected chi connectivity index (χ0v) is 8.69. The van der Waals surface area contributed by atoms with E-state index in [9.17, 15) is 0 Å². The van der Waals surface area contributed by atoms with Gasteiger partial charge >= 0.3 is 0 Å². The third-order valence-corrected chi connectivity index (χ3v) is 3.10. The number of nitrogens with zero attached hydrogens (tertiary/aromatic N) is 3. The molecule has 1 aromatic rings. The predicted octanol–water partition coefficient (Wildman–Crippen LogP) is 2.10. The van der Waals surface area contributed by atoms with Crippen LogP contribution in [0.25, 0.3) is 0 Å². The highest BCUT2D eigenvalue weighted by molar-refractivity contribution is 5.41. The summed E-state index contributed by atoms with van der Waals surface area (Å²) in [5, 5.41) is 0. The topological polar surface area (TPSA) is 29.0 Å². The average molecular weight is 191 g/mol. The van der Waals surface area contributed by atoms with Crippen LogP contribution in [0.1, 0.15) is 26.2 Å². The highest BCUT2D eigenvalue weighted by Crippen LogP contribution is 2.23. The molecule has 76 valence electrons. The van der Waals surface area contributed by atoms with Gasteiger partial charge in [0.15, 0.2) is 0 Å². The molecule has 3 nitrogen and oxygen atoms in total. The summed E-state index contributed by atoms with van der Waals surface area (Å²) >= 11 is 0. The molecule has 0 aliphatic carbocycles. The van der Waals surface area contributed by atoms with Crippen molar-refractivity contribution in [2.45, 2.75) is 26.2 Å². The number of hydrogen-bond acceptors (Lipinski definition) is 3. The first-order chi connectivity index (χ1) is 6.90. The molecule has 0 bridgehead atoms. The van der Waals surface area contributed by atoms with Crippen molar-refractivity contribution in [3.05, 3.63) is 18.7 Å². The van der Waals surface area contributed by atoms with Crippen LogP contribution in [-0.4, -0.2) is 23.1 Å². The maximum atomic E-state index is 4.05. The molecule has 1 fully saturated rings. The van der Waals surface area contributed by atoms with Gasteiger partial charge in [-0.3, -0.25) is 0 Å². The van der Waals surface area contributed by atoms with Gasteiger partial charge < -0.3 is 4.90 Å². The van der Waals surface area contributed by atoms with E-state index < -0.39 is 0 Å². The molecule has 1 aliphatic heterocycles. The van der Waals surface area contributed by atoms with Crippen molar-refractivity contribution < 1.29 is 0 Å². The van der Waals surface area contributed by atoms with Gasteiger partial charge in [0.25, 0.3) is 0 Å². The first kappa shape index (κ1) is 9.44. The molecule has 14 heavy (non-hydrogen) atoms. The molecule has 1 aliphatic rings. The fraction of sp³-hybridized carbons (Fsp3) is 0.636. The van der Waals surface area contributed by atoms with E-state index in [1.54, 1.807) is 6.33 Å². The molecule has 0 aromatic carbocycles. The van der Waals surface area contributed by atoms with Crippen molar-refractivity contribution in [3.63, 3.8) is 0 Å². The zero-order chi connectivity index (χ0) is 9.80. The van der Waals surface area contributed by atoms with E-state index in [4.69, 9.17) is 0 Å². The van der Waals surface area contributed by atoms with Crippen molar-refractivity contribution in [2.75, 3.05) is 18.0 Å². The quantitative estimate of drug-likeness (QED) is 0.717. The third-order valence-electron chi connectivity index (χ3n) is 3.10. The lowest BCUT2D eigenvalue weighted by molar-refractivity contribution is 0.395. The Morgan fingerprint density at radius 3 is 2.50 bits per heavy atom. The summed E-state index contributed by atoms with van der Waals surface area (Å²) in [5.41, 5.74) is 1.17. The lowest BCUT2D eigenvalue weighted by Gasteiger charge is -2.32. The number of rotatable bonds is 2. The first-order valence-corrected chi connectivity index (χ1v) is 5.40. The highest BCUT2D eigenvalue weighted by atomic mass is 15.1. The minimum atomic E-state index is 0.927. The van der Waals surface area contributed by atoms with Crippen molar-refractivity contribution >= 4 is 5.69 Å². The Bertz CT molecular complexity index is 265. The zero-order valence-electron chi connectivity index (χ0n) is 8.69. The van der Waals surface area contributed by atoms with Crippen LogP contribution in [-0.2, 0) is 0 Å². The summed E-state index contributed by atoms with van der Waals surface area (Å²) in [6.45, 7) is 4.60. The standard InChI is InChI=1S/C11H17N3/c1-2-10-3-5-14(6-4-10)11-7-12-9-13-8-11/h7-10H,2-6H2,1H3. The van der Waals surface area contributed by atoms with Gasteiger partial charge in [-0.05, 0) is 18.8 Å². The molecule has 0 saturated carbocycles. The second kappa shape index (κ2) is 4.40. The smallest absolute Gasteiger partial charge is 0.115 e. The summed E-state index contributed by atoms with van der Waals surface area (Å²) in [6, 6.07) is 0. The van der Waals surface area contributed by atoms with Gasteiger partial charge in [0.2, 0.25) is 0 Å². The Labute approximate surface area is 85.2 Å². The number of aromatic nitrogens is 2. The Hall–Kier alpha value is -1.12. The van der Waals surface area contributed by atoms with Crippen molar-refractivity contribution in [1.29, 1.82) is 0 Å². The molecule has 0 amide bonds. The molecule has 0 spiro atoms. The highest BCUT2D eigenvalue weighted by Gasteiger charge is 2.17. The molecule has 1 saturated heterocycles. The number of anilines is 1. The van der Waals surface area contributed by atoms with Crippen molar-refractivity contribution in [2.24, 2.45) is 5.92 Å². The minimum absolute atomic E-state index is 0.927. The molecule has 3 heteroatoms. The van der Waals surface area contributed by atoms with Crippen LogP contribution >= 0.6 is 0 Å². The fourth-order valence-electron chi connectivity index (χ4n) is 2.05. The minimum Gasteiger partial charge on any atom is -0.369 e. The number of hydrogen-bond donors (Lipinski definition) is 0. The predicted molar refractivity (Wildman–Crippen MR) is 57.3 cm³/mol.